The van der Waals surface area contributed by atoms with Crippen LogP contribution in [0.3, 0.4) is 0 Å². The minimum absolute atomic E-state index is 0.647. The van der Waals surface area contributed by atoms with Crippen LogP contribution in [-0.2, 0) is 0 Å². The zero-order valence-electron chi connectivity index (χ0n) is 22.9. The number of oxazole rings is 1. The van der Waals surface area contributed by atoms with Gasteiger partial charge in [-0.15, -0.1) is 11.3 Å². The summed E-state index contributed by atoms with van der Waals surface area (Å²) in [6.07, 6.45) is 0. The van der Waals surface area contributed by atoms with Crippen LogP contribution in [0.1, 0.15) is 0 Å². The lowest BCUT2D eigenvalue weighted by Crippen LogP contribution is -1.96. The second-order valence-corrected chi connectivity index (χ2v) is 12.2. The Morgan fingerprint density at radius 2 is 1.26 bits per heavy atom. The van der Waals surface area contributed by atoms with Gasteiger partial charge in [0.05, 0.1) is 16.7 Å². The maximum Gasteiger partial charge on any atom is 0.227 e. The molecule has 4 heteroatoms. The van der Waals surface area contributed by atoms with E-state index in [1.807, 2.05) is 0 Å². The van der Waals surface area contributed by atoms with Crippen molar-refractivity contribution in [2.45, 2.75) is 0 Å². The summed E-state index contributed by atoms with van der Waals surface area (Å²) in [5.41, 5.74) is 6.27. The molecule has 0 aliphatic carbocycles. The molecule has 0 aliphatic heterocycles. The molecule has 10 aromatic rings. The van der Waals surface area contributed by atoms with Gasteiger partial charge in [0.15, 0.2) is 5.58 Å². The first kappa shape index (κ1) is 23.1. The van der Waals surface area contributed by atoms with Gasteiger partial charge in [0.25, 0.3) is 0 Å². The summed E-state index contributed by atoms with van der Waals surface area (Å²) in [4.78, 5) is 5.03. The molecule has 10 rings (SSSR count). The van der Waals surface area contributed by atoms with Crippen molar-refractivity contribution < 1.29 is 4.42 Å². The molecule has 3 nitrogen and oxygen atoms in total. The third-order valence-corrected chi connectivity index (χ3v) is 9.97. The summed E-state index contributed by atoms with van der Waals surface area (Å²) < 4.78 is 11.5. The van der Waals surface area contributed by atoms with Gasteiger partial charge in [-0.25, -0.2) is 4.98 Å². The summed E-state index contributed by atoms with van der Waals surface area (Å²) in [6, 6.07) is 47.7. The van der Waals surface area contributed by atoms with E-state index < -0.39 is 0 Å². The molecular weight excluding hydrogens is 545 g/mol. The van der Waals surface area contributed by atoms with E-state index in [2.05, 4.69) is 138 Å². The number of aromatic nitrogens is 2. The number of thiophene rings is 1. The van der Waals surface area contributed by atoms with Crippen LogP contribution in [0.2, 0.25) is 0 Å². The van der Waals surface area contributed by atoms with Gasteiger partial charge in [-0.05, 0) is 58.6 Å². The quantitative estimate of drug-likeness (QED) is 0.208. The Balaban J connectivity index is 1.26. The molecule has 0 amide bonds. The minimum atomic E-state index is 0.647. The lowest BCUT2D eigenvalue weighted by atomic mass is 10.0. The highest BCUT2D eigenvalue weighted by molar-refractivity contribution is 7.26. The highest BCUT2D eigenvalue weighted by atomic mass is 32.1. The molecule has 0 radical (unpaired) electrons. The van der Waals surface area contributed by atoms with E-state index in [0.29, 0.717) is 5.89 Å². The Bertz CT molecular complexity index is 2740. The normalized spacial score (nSPS) is 12.2. The molecule has 0 saturated carbocycles. The molecular formula is C39H22N2OS. The Morgan fingerprint density at radius 3 is 2.16 bits per heavy atom. The van der Waals surface area contributed by atoms with Crippen molar-refractivity contribution >= 4 is 86.0 Å². The first-order valence-corrected chi connectivity index (χ1v) is 15.3. The smallest absolute Gasteiger partial charge is 0.227 e. The molecule has 0 atom stereocenters. The van der Waals surface area contributed by atoms with E-state index in [-0.39, 0.29) is 0 Å². The number of fused-ring (bicyclic) bond motifs is 11. The van der Waals surface area contributed by atoms with Crippen molar-refractivity contribution in [2.24, 2.45) is 0 Å². The van der Waals surface area contributed by atoms with Crippen molar-refractivity contribution in [1.82, 2.24) is 9.55 Å². The van der Waals surface area contributed by atoms with Gasteiger partial charge in [0.1, 0.15) is 5.52 Å². The summed E-state index contributed by atoms with van der Waals surface area (Å²) in [5.74, 6) is 0.647. The molecule has 3 aromatic heterocycles. The lowest BCUT2D eigenvalue weighted by Gasteiger charge is -2.13. The fraction of sp³-hybridized carbons (Fsp3) is 0. The number of nitrogens with zero attached hydrogens (tertiary/aromatic N) is 2. The van der Waals surface area contributed by atoms with Gasteiger partial charge in [-0.3, -0.25) is 0 Å². The van der Waals surface area contributed by atoms with Crippen LogP contribution in [0.4, 0.5) is 0 Å². The highest BCUT2D eigenvalue weighted by Crippen LogP contribution is 2.43. The van der Waals surface area contributed by atoms with Crippen molar-refractivity contribution in [1.29, 1.82) is 0 Å². The first-order chi connectivity index (χ1) is 21.3. The maximum absolute atomic E-state index is 6.65. The van der Waals surface area contributed by atoms with Crippen molar-refractivity contribution in [3.63, 3.8) is 0 Å². The second-order valence-electron chi connectivity index (χ2n) is 11.1. The van der Waals surface area contributed by atoms with Crippen LogP contribution < -0.4 is 0 Å². The largest absolute Gasteiger partial charge is 0.435 e. The van der Waals surface area contributed by atoms with Crippen LogP contribution in [0.25, 0.3) is 91.8 Å². The van der Waals surface area contributed by atoms with Gasteiger partial charge in [-0.1, -0.05) is 91.0 Å². The number of rotatable bonds is 2. The number of benzene rings is 7. The third kappa shape index (κ3) is 3.16. The molecule has 0 fully saturated rings. The maximum atomic E-state index is 6.65. The van der Waals surface area contributed by atoms with Crippen molar-refractivity contribution in [3.05, 3.63) is 133 Å². The third-order valence-electron chi connectivity index (χ3n) is 8.83. The van der Waals surface area contributed by atoms with E-state index in [4.69, 9.17) is 9.40 Å². The number of hydrogen-bond donors (Lipinski definition) is 0. The van der Waals surface area contributed by atoms with Gasteiger partial charge >= 0.3 is 0 Å². The summed E-state index contributed by atoms with van der Waals surface area (Å²) in [5, 5.41) is 9.71. The second kappa shape index (κ2) is 8.54. The average Bonchev–Trinajstić information content (AvgIpc) is 3.76. The van der Waals surface area contributed by atoms with Gasteiger partial charge in [0.2, 0.25) is 5.89 Å². The first-order valence-electron chi connectivity index (χ1n) is 14.5. The molecule has 0 saturated heterocycles. The molecule has 0 bridgehead atoms. The van der Waals surface area contributed by atoms with Gasteiger partial charge in [0, 0.05) is 41.9 Å². The van der Waals surface area contributed by atoms with Crippen molar-refractivity contribution in [2.75, 3.05) is 0 Å². The molecule has 200 valence electrons. The molecule has 0 aliphatic rings. The fourth-order valence-electron chi connectivity index (χ4n) is 6.97. The summed E-state index contributed by atoms with van der Waals surface area (Å²) in [7, 11) is 0. The topological polar surface area (TPSA) is 31.0 Å². The fourth-order valence-corrected chi connectivity index (χ4v) is 8.08. The molecule has 3 heterocycles. The SMILES string of the molecule is c1ccc2c(c1)ccc1c2c2ccccc2n1-c1ccc(-c2nc3ccc4sc5ccccc5c4c3o2)c2ccccc12. The molecule has 7 aromatic carbocycles. The molecule has 0 N–H and O–H groups in total. The zero-order chi connectivity index (χ0) is 28.1. The van der Waals surface area contributed by atoms with Crippen LogP contribution >= 0.6 is 11.3 Å². The van der Waals surface area contributed by atoms with Crippen molar-refractivity contribution in [3.8, 4) is 17.1 Å². The monoisotopic (exact) mass is 566 g/mol. The van der Waals surface area contributed by atoms with E-state index in [9.17, 15) is 0 Å². The summed E-state index contributed by atoms with van der Waals surface area (Å²) >= 11 is 1.80. The number of para-hydroxylation sites is 1. The van der Waals surface area contributed by atoms with Gasteiger partial charge in [-0.2, -0.15) is 0 Å². The Hall–Kier alpha value is -5.45. The van der Waals surface area contributed by atoms with E-state index in [1.165, 1.54) is 47.4 Å². The lowest BCUT2D eigenvalue weighted by molar-refractivity contribution is 0.624. The van der Waals surface area contributed by atoms with E-state index in [0.717, 1.165) is 38.5 Å². The molecule has 0 unspecified atom stereocenters. The predicted molar refractivity (Wildman–Crippen MR) is 182 cm³/mol. The zero-order valence-corrected chi connectivity index (χ0v) is 23.7. The molecule has 0 spiro atoms. The van der Waals surface area contributed by atoms with E-state index in [1.54, 1.807) is 11.3 Å². The Morgan fingerprint density at radius 1 is 0.512 bits per heavy atom. The highest BCUT2D eigenvalue weighted by Gasteiger charge is 2.20. The minimum Gasteiger partial charge on any atom is -0.435 e. The standard InChI is InChI=1S/C39H22N2OS/c1-2-10-24-23(9-1)17-20-33-36(24)28-13-5-7-15-31(28)41(33)32-21-18-27(25-11-3-4-12-26(25)32)39-40-30-19-22-35-37(38(30)42-39)29-14-6-8-16-34(29)43-35/h1-22H. The number of hydrogen-bond acceptors (Lipinski definition) is 3. The Kier molecular flexibility index (Phi) is 4.60. The van der Waals surface area contributed by atoms with Crippen LogP contribution in [0, 0.1) is 0 Å². The summed E-state index contributed by atoms with van der Waals surface area (Å²) in [6.45, 7) is 0. The van der Waals surface area contributed by atoms with Crippen LogP contribution in [0.15, 0.2) is 138 Å². The van der Waals surface area contributed by atoms with Gasteiger partial charge < -0.3 is 8.98 Å². The molecule has 43 heavy (non-hydrogen) atoms. The van der Waals surface area contributed by atoms with Crippen LogP contribution in [-0.4, -0.2) is 9.55 Å². The Labute approximate surface area is 249 Å². The van der Waals surface area contributed by atoms with Crippen LogP contribution in [0.5, 0.6) is 0 Å². The average molecular weight is 567 g/mol. The predicted octanol–water partition coefficient (Wildman–Crippen LogP) is 11.3. The van der Waals surface area contributed by atoms with E-state index >= 15 is 0 Å².